The van der Waals surface area contributed by atoms with E-state index in [0.717, 1.165) is 0 Å². The van der Waals surface area contributed by atoms with Crippen molar-refractivity contribution in [1.29, 1.82) is 0 Å². The third-order valence-electron chi connectivity index (χ3n) is 2.43. The Morgan fingerprint density at radius 3 is 1.89 bits per heavy atom. The van der Waals surface area contributed by atoms with Crippen LogP contribution < -0.4 is 5.73 Å². The lowest BCUT2D eigenvalue weighted by molar-refractivity contribution is -0.205. The largest absolute Gasteiger partial charge is 0.479 e. The SMILES string of the molecule is N[C@@](C(=O)O)(c1cccc(C(F)(F)F)c1)C(F)(F)F. The van der Waals surface area contributed by atoms with Crippen molar-refractivity contribution in [2.24, 2.45) is 5.73 Å². The molecule has 0 bridgehead atoms. The Balaban J connectivity index is 3.47. The minimum atomic E-state index is -5.44. The van der Waals surface area contributed by atoms with Crippen LogP contribution in [0, 0.1) is 0 Å². The molecule has 0 saturated heterocycles. The molecule has 3 N–H and O–H groups in total. The van der Waals surface area contributed by atoms with Gasteiger partial charge in [0, 0.05) is 0 Å². The second kappa shape index (κ2) is 4.41. The molecule has 0 amide bonds. The van der Waals surface area contributed by atoms with Crippen molar-refractivity contribution in [2.45, 2.75) is 17.9 Å². The predicted molar refractivity (Wildman–Crippen MR) is 51.0 cm³/mol. The van der Waals surface area contributed by atoms with Gasteiger partial charge < -0.3 is 10.8 Å². The number of benzene rings is 1. The van der Waals surface area contributed by atoms with Gasteiger partial charge in [-0.25, -0.2) is 4.79 Å². The molecule has 19 heavy (non-hydrogen) atoms. The Hall–Kier alpha value is -1.77. The van der Waals surface area contributed by atoms with Crippen LogP contribution in [0.25, 0.3) is 0 Å². The van der Waals surface area contributed by atoms with Crippen LogP contribution in [0.5, 0.6) is 0 Å². The van der Waals surface area contributed by atoms with Crippen molar-refractivity contribution in [1.82, 2.24) is 0 Å². The lowest BCUT2D eigenvalue weighted by Gasteiger charge is -2.28. The summed E-state index contributed by atoms with van der Waals surface area (Å²) in [5.41, 5.74) is -1.74. The number of carboxylic acids is 1. The minimum Gasteiger partial charge on any atom is -0.479 e. The Morgan fingerprint density at radius 1 is 1.05 bits per heavy atom. The molecular weight excluding hydrogens is 280 g/mol. The first-order valence-corrected chi connectivity index (χ1v) is 4.67. The predicted octanol–water partition coefficient (Wildman–Crippen LogP) is 2.51. The zero-order valence-electron chi connectivity index (χ0n) is 9.01. The third kappa shape index (κ3) is 2.65. The highest BCUT2D eigenvalue weighted by atomic mass is 19.4. The number of nitrogens with two attached hydrogens (primary N) is 1. The molecule has 0 heterocycles. The zero-order chi connectivity index (χ0) is 15.1. The van der Waals surface area contributed by atoms with Crippen molar-refractivity contribution in [3.63, 3.8) is 0 Å². The lowest BCUT2D eigenvalue weighted by Crippen LogP contribution is -2.56. The molecule has 0 fully saturated rings. The van der Waals surface area contributed by atoms with E-state index in [0.29, 0.717) is 18.2 Å². The third-order valence-corrected chi connectivity index (χ3v) is 2.43. The summed E-state index contributed by atoms with van der Waals surface area (Å²) in [6.07, 6.45) is -10.3. The Bertz CT molecular complexity index is 496. The van der Waals surface area contributed by atoms with E-state index in [9.17, 15) is 31.1 Å². The molecule has 106 valence electrons. The highest BCUT2D eigenvalue weighted by Crippen LogP contribution is 2.39. The van der Waals surface area contributed by atoms with E-state index in [-0.39, 0.29) is 6.07 Å². The van der Waals surface area contributed by atoms with E-state index in [4.69, 9.17) is 10.8 Å². The first kappa shape index (κ1) is 15.3. The van der Waals surface area contributed by atoms with Crippen molar-refractivity contribution < 1.29 is 36.2 Å². The second-order valence-electron chi connectivity index (χ2n) is 3.69. The molecule has 0 aromatic heterocycles. The van der Waals surface area contributed by atoms with Gasteiger partial charge in [0.05, 0.1) is 5.56 Å². The number of aliphatic carboxylic acids is 1. The first-order valence-electron chi connectivity index (χ1n) is 4.67. The maximum atomic E-state index is 12.7. The van der Waals surface area contributed by atoms with Crippen LogP contribution in [-0.4, -0.2) is 17.3 Å². The summed E-state index contributed by atoms with van der Waals surface area (Å²) in [6.45, 7) is 0. The number of rotatable bonds is 2. The molecule has 1 aromatic rings. The van der Waals surface area contributed by atoms with Gasteiger partial charge >= 0.3 is 18.3 Å². The number of carbonyl (C=O) groups is 1. The van der Waals surface area contributed by atoms with Crippen molar-refractivity contribution >= 4 is 5.97 Å². The fourth-order valence-electron chi connectivity index (χ4n) is 1.35. The van der Waals surface area contributed by atoms with Crippen molar-refractivity contribution in [3.8, 4) is 0 Å². The quantitative estimate of drug-likeness (QED) is 0.821. The molecular formula is C10H7F6NO2. The summed E-state index contributed by atoms with van der Waals surface area (Å²) in [6, 6.07) is 1.83. The van der Waals surface area contributed by atoms with Crippen LogP contribution in [0.1, 0.15) is 11.1 Å². The summed E-state index contributed by atoms with van der Waals surface area (Å²) < 4.78 is 75.2. The van der Waals surface area contributed by atoms with E-state index >= 15 is 0 Å². The molecule has 0 aliphatic carbocycles. The molecule has 0 aliphatic heterocycles. The summed E-state index contributed by atoms with van der Waals surface area (Å²) >= 11 is 0. The molecule has 0 saturated carbocycles. The van der Waals surface area contributed by atoms with E-state index < -0.39 is 35.0 Å². The summed E-state index contributed by atoms with van der Waals surface area (Å²) in [5, 5.41) is 8.59. The maximum Gasteiger partial charge on any atom is 0.421 e. The fourth-order valence-corrected chi connectivity index (χ4v) is 1.35. The average molecular weight is 287 g/mol. The van der Waals surface area contributed by atoms with Gasteiger partial charge in [0.2, 0.25) is 5.54 Å². The Kier molecular flexibility index (Phi) is 3.55. The van der Waals surface area contributed by atoms with Gasteiger partial charge in [-0.15, -0.1) is 0 Å². The highest BCUT2D eigenvalue weighted by molar-refractivity contribution is 5.81. The fraction of sp³-hybridized carbons (Fsp3) is 0.300. The summed E-state index contributed by atoms with van der Waals surface area (Å²) in [7, 11) is 0. The molecule has 1 aromatic carbocycles. The molecule has 3 nitrogen and oxygen atoms in total. The molecule has 9 heteroatoms. The van der Waals surface area contributed by atoms with Crippen LogP contribution >= 0.6 is 0 Å². The molecule has 1 rings (SSSR count). The zero-order valence-corrected chi connectivity index (χ0v) is 9.01. The molecule has 0 unspecified atom stereocenters. The Morgan fingerprint density at radius 2 is 1.53 bits per heavy atom. The van der Waals surface area contributed by atoms with Crippen LogP contribution in [-0.2, 0) is 16.5 Å². The summed E-state index contributed by atoms with van der Waals surface area (Å²) in [4.78, 5) is 10.7. The monoisotopic (exact) mass is 287 g/mol. The van der Waals surface area contributed by atoms with Gasteiger partial charge in [0.15, 0.2) is 0 Å². The average Bonchev–Trinajstić information content (AvgIpc) is 2.25. The van der Waals surface area contributed by atoms with Gasteiger partial charge in [0.1, 0.15) is 0 Å². The lowest BCUT2D eigenvalue weighted by atomic mass is 9.89. The van der Waals surface area contributed by atoms with Crippen LogP contribution in [0.3, 0.4) is 0 Å². The number of alkyl halides is 6. The summed E-state index contributed by atoms with van der Waals surface area (Å²) in [5.74, 6) is -2.49. The van der Waals surface area contributed by atoms with Crippen LogP contribution in [0.2, 0.25) is 0 Å². The number of hydrogen-bond donors (Lipinski definition) is 2. The standard InChI is InChI=1S/C10H7F6NO2/c11-9(12,13)6-3-1-2-5(4-6)8(17,7(18)19)10(14,15)16/h1-4H,17H2,(H,18,19)/t8-/m1/s1. The number of carboxylic acid groups (broad SMARTS) is 1. The van der Waals surface area contributed by atoms with E-state index in [1.165, 1.54) is 0 Å². The number of hydrogen-bond acceptors (Lipinski definition) is 2. The topological polar surface area (TPSA) is 63.3 Å². The van der Waals surface area contributed by atoms with Crippen molar-refractivity contribution in [3.05, 3.63) is 35.4 Å². The van der Waals surface area contributed by atoms with Crippen LogP contribution in [0.15, 0.2) is 24.3 Å². The van der Waals surface area contributed by atoms with Gasteiger partial charge in [0.25, 0.3) is 0 Å². The smallest absolute Gasteiger partial charge is 0.421 e. The van der Waals surface area contributed by atoms with Crippen molar-refractivity contribution in [2.75, 3.05) is 0 Å². The van der Waals surface area contributed by atoms with Gasteiger partial charge in [-0.1, -0.05) is 12.1 Å². The van der Waals surface area contributed by atoms with Gasteiger partial charge in [-0.2, -0.15) is 26.3 Å². The van der Waals surface area contributed by atoms with E-state index in [1.807, 2.05) is 0 Å². The molecule has 0 aliphatic rings. The maximum absolute atomic E-state index is 12.7. The van der Waals surface area contributed by atoms with E-state index in [2.05, 4.69) is 0 Å². The molecule has 0 radical (unpaired) electrons. The first-order chi connectivity index (χ1) is 8.40. The molecule has 1 atom stereocenters. The molecule has 0 spiro atoms. The highest BCUT2D eigenvalue weighted by Gasteiger charge is 2.59. The Labute approximate surface area is 102 Å². The second-order valence-corrected chi connectivity index (χ2v) is 3.69. The van der Waals surface area contributed by atoms with Crippen LogP contribution in [0.4, 0.5) is 26.3 Å². The normalized spacial score (nSPS) is 15.9. The minimum absolute atomic E-state index is 0.0710. The van der Waals surface area contributed by atoms with E-state index in [1.54, 1.807) is 0 Å². The van der Waals surface area contributed by atoms with Gasteiger partial charge in [-0.3, -0.25) is 0 Å². The number of halogens is 6. The van der Waals surface area contributed by atoms with Gasteiger partial charge in [-0.05, 0) is 17.7 Å².